The highest BCUT2D eigenvalue weighted by Crippen LogP contribution is 2.29. The van der Waals surface area contributed by atoms with Crippen molar-refractivity contribution in [1.29, 1.82) is 0 Å². The summed E-state index contributed by atoms with van der Waals surface area (Å²) in [6.45, 7) is 1.01. The molecular formula is C14H16N4O2. The van der Waals surface area contributed by atoms with Gasteiger partial charge in [0.05, 0.1) is 0 Å². The van der Waals surface area contributed by atoms with Crippen LogP contribution in [0.5, 0.6) is 0 Å². The van der Waals surface area contributed by atoms with E-state index in [-0.39, 0.29) is 11.8 Å². The van der Waals surface area contributed by atoms with E-state index in [4.69, 9.17) is 0 Å². The maximum Gasteiger partial charge on any atom is 0.271 e. The molecule has 6 nitrogen and oxygen atoms in total. The third-order valence-electron chi connectivity index (χ3n) is 3.64. The molecule has 0 aliphatic carbocycles. The summed E-state index contributed by atoms with van der Waals surface area (Å²) in [5.41, 5.74) is 5.89. The van der Waals surface area contributed by atoms with Crippen molar-refractivity contribution in [1.82, 2.24) is 5.43 Å². The van der Waals surface area contributed by atoms with Gasteiger partial charge >= 0.3 is 0 Å². The average molecular weight is 272 g/mol. The normalized spacial score (nSPS) is 17.4. The summed E-state index contributed by atoms with van der Waals surface area (Å²) < 4.78 is 0. The third kappa shape index (κ3) is 2.36. The van der Waals surface area contributed by atoms with Crippen molar-refractivity contribution in [3.05, 3.63) is 23.8 Å². The van der Waals surface area contributed by atoms with E-state index in [1.54, 1.807) is 0 Å². The van der Waals surface area contributed by atoms with E-state index in [0.29, 0.717) is 18.6 Å². The first kappa shape index (κ1) is 12.7. The molecule has 1 aromatic rings. The fourth-order valence-electron chi connectivity index (χ4n) is 2.46. The van der Waals surface area contributed by atoms with Crippen LogP contribution in [0.25, 0.3) is 0 Å². The number of carbonyl (C=O) groups is 2. The molecule has 6 heteroatoms. The monoisotopic (exact) mass is 272 g/mol. The summed E-state index contributed by atoms with van der Waals surface area (Å²) in [4.78, 5) is 25.2. The van der Waals surface area contributed by atoms with Gasteiger partial charge in [-0.15, -0.1) is 0 Å². The fraction of sp³-hybridized carbons (Fsp3) is 0.357. The third-order valence-corrected chi connectivity index (χ3v) is 3.64. The number of benzene rings is 1. The molecule has 2 N–H and O–H groups in total. The van der Waals surface area contributed by atoms with Crippen LogP contribution in [0.2, 0.25) is 0 Å². The van der Waals surface area contributed by atoms with E-state index >= 15 is 0 Å². The van der Waals surface area contributed by atoms with Gasteiger partial charge in [-0.3, -0.25) is 9.59 Å². The first-order chi connectivity index (χ1) is 9.63. The zero-order chi connectivity index (χ0) is 14.1. The Morgan fingerprint density at radius 2 is 2.20 bits per heavy atom. The number of carbonyl (C=O) groups excluding carboxylic acids is 2. The molecular weight excluding hydrogens is 256 g/mol. The number of fused-ring (bicyclic) bond motifs is 1. The second kappa shape index (κ2) is 4.96. The van der Waals surface area contributed by atoms with Crippen LogP contribution in [-0.2, 0) is 16.0 Å². The lowest BCUT2D eigenvalue weighted by Gasteiger charge is -2.15. The summed E-state index contributed by atoms with van der Waals surface area (Å²) in [6.07, 6.45) is 1.72. The summed E-state index contributed by atoms with van der Waals surface area (Å²) >= 11 is 0. The topological polar surface area (TPSA) is 73.8 Å². The van der Waals surface area contributed by atoms with Crippen LogP contribution in [0.1, 0.15) is 18.4 Å². The largest absolute Gasteiger partial charge is 0.374 e. The number of hydrogen-bond acceptors (Lipinski definition) is 4. The Kier molecular flexibility index (Phi) is 3.14. The minimum Gasteiger partial charge on any atom is -0.374 e. The van der Waals surface area contributed by atoms with Crippen molar-refractivity contribution in [3.8, 4) is 0 Å². The maximum absolute atomic E-state index is 12.0. The second-order valence-corrected chi connectivity index (χ2v) is 5.06. The van der Waals surface area contributed by atoms with Crippen LogP contribution in [0.3, 0.4) is 0 Å². The molecule has 2 amide bonds. The van der Waals surface area contributed by atoms with Gasteiger partial charge in [-0.05, 0) is 24.1 Å². The van der Waals surface area contributed by atoms with E-state index in [2.05, 4.69) is 20.7 Å². The molecule has 1 aromatic carbocycles. The highest BCUT2D eigenvalue weighted by Gasteiger charge is 2.20. The molecule has 0 spiro atoms. The zero-order valence-electron chi connectivity index (χ0n) is 11.3. The van der Waals surface area contributed by atoms with E-state index in [0.717, 1.165) is 24.3 Å². The van der Waals surface area contributed by atoms with Crippen LogP contribution in [0.4, 0.5) is 11.4 Å². The number of hydrazone groups is 1. The average Bonchev–Trinajstić information content (AvgIpc) is 2.81. The van der Waals surface area contributed by atoms with Crippen LogP contribution in [0.15, 0.2) is 23.3 Å². The van der Waals surface area contributed by atoms with Crippen molar-refractivity contribution in [2.45, 2.75) is 19.3 Å². The highest BCUT2D eigenvalue weighted by atomic mass is 16.2. The number of likely N-dealkylation sites (N-methyl/N-ethyl adjacent to an activating group) is 1. The molecule has 2 aliphatic rings. The zero-order valence-corrected chi connectivity index (χ0v) is 11.3. The van der Waals surface area contributed by atoms with Crippen molar-refractivity contribution in [2.75, 3.05) is 23.8 Å². The molecule has 3 rings (SSSR count). The van der Waals surface area contributed by atoms with E-state index in [9.17, 15) is 9.59 Å². The summed E-state index contributed by atoms with van der Waals surface area (Å²) in [5, 5.41) is 6.62. The quantitative estimate of drug-likeness (QED) is 0.839. The van der Waals surface area contributed by atoms with E-state index in [1.165, 1.54) is 5.56 Å². The van der Waals surface area contributed by atoms with Crippen LogP contribution >= 0.6 is 0 Å². The molecule has 0 aromatic heterocycles. The molecule has 0 fully saturated rings. The Labute approximate surface area is 116 Å². The molecule has 0 radical (unpaired) electrons. The Morgan fingerprint density at radius 3 is 2.95 bits per heavy atom. The molecule has 20 heavy (non-hydrogen) atoms. The van der Waals surface area contributed by atoms with Crippen LogP contribution < -0.4 is 15.6 Å². The van der Waals surface area contributed by atoms with Crippen LogP contribution in [0, 0.1) is 0 Å². The van der Waals surface area contributed by atoms with Crippen molar-refractivity contribution >= 4 is 28.9 Å². The molecule has 0 atom stereocenters. The van der Waals surface area contributed by atoms with Gasteiger partial charge in [0.25, 0.3) is 5.91 Å². The predicted molar refractivity (Wildman–Crippen MR) is 76.9 cm³/mol. The van der Waals surface area contributed by atoms with Gasteiger partial charge in [-0.2, -0.15) is 5.10 Å². The predicted octanol–water partition coefficient (Wildman–Crippen LogP) is 0.883. The first-order valence-corrected chi connectivity index (χ1v) is 6.64. The first-order valence-electron chi connectivity index (χ1n) is 6.64. The van der Waals surface area contributed by atoms with Gasteiger partial charge < -0.3 is 10.2 Å². The smallest absolute Gasteiger partial charge is 0.271 e. The summed E-state index contributed by atoms with van der Waals surface area (Å²) in [5.74, 6) is -0.411. The van der Waals surface area contributed by atoms with Crippen molar-refractivity contribution < 1.29 is 9.59 Å². The standard InChI is InChI=1S/C14H16N4O2/c1-18-7-6-9-2-3-10(8-12(9)18)15-14(20)11-4-5-13(19)17-16-11/h2-3,8H,4-7H2,1H3,(H,15,20)(H,17,19). The number of nitrogens with zero attached hydrogens (tertiary/aromatic N) is 2. The number of hydrogen-bond donors (Lipinski definition) is 2. The van der Waals surface area contributed by atoms with Crippen molar-refractivity contribution in [3.63, 3.8) is 0 Å². The van der Waals surface area contributed by atoms with E-state index < -0.39 is 0 Å². The summed E-state index contributed by atoms with van der Waals surface area (Å²) in [7, 11) is 2.04. The van der Waals surface area contributed by atoms with Gasteiger partial charge in [0.2, 0.25) is 5.91 Å². The van der Waals surface area contributed by atoms with Crippen LogP contribution in [-0.4, -0.2) is 31.1 Å². The second-order valence-electron chi connectivity index (χ2n) is 5.06. The minimum atomic E-state index is -0.259. The molecule has 0 saturated carbocycles. The number of anilines is 2. The summed E-state index contributed by atoms with van der Waals surface area (Å²) in [6, 6.07) is 5.92. The molecule has 2 aliphatic heterocycles. The number of rotatable bonds is 2. The van der Waals surface area contributed by atoms with Gasteiger partial charge in [-0.1, -0.05) is 6.07 Å². The van der Waals surface area contributed by atoms with Gasteiger partial charge in [0.1, 0.15) is 5.71 Å². The lowest BCUT2D eigenvalue weighted by molar-refractivity contribution is -0.121. The Balaban J connectivity index is 1.74. The number of nitrogens with one attached hydrogen (secondary N) is 2. The Hall–Kier alpha value is -2.37. The van der Waals surface area contributed by atoms with Gasteiger partial charge in [-0.25, -0.2) is 5.43 Å². The Bertz CT molecular complexity index is 609. The maximum atomic E-state index is 12.0. The lowest BCUT2D eigenvalue weighted by Crippen LogP contribution is -2.32. The SMILES string of the molecule is CN1CCc2ccc(NC(=O)C3=NNC(=O)CC3)cc21. The highest BCUT2D eigenvalue weighted by molar-refractivity contribution is 6.43. The van der Waals surface area contributed by atoms with E-state index in [1.807, 2.05) is 25.2 Å². The minimum absolute atomic E-state index is 0.152. The molecule has 0 unspecified atom stereocenters. The van der Waals surface area contributed by atoms with Crippen molar-refractivity contribution in [2.24, 2.45) is 5.10 Å². The molecule has 104 valence electrons. The number of amides is 2. The van der Waals surface area contributed by atoms with Gasteiger partial charge in [0.15, 0.2) is 0 Å². The molecule has 2 heterocycles. The fourth-order valence-corrected chi connectivity index (χ4v) is 2.46. The lowest BCUT2D eigenvalue weighted by atomic mass is 10.1. The van der Waals surface area contributed by atoms with Gasteiger partial charge in [0, 0.05) is 37.8 Å². The molecule has 0 saturated heterocycles. The molecule has 0 bridgehead atoms. The Morgan fingerprint density at radius 1 is 1.35 bits per heavy atom.